The third-order valence-electron chi connectivity index (χ3n) is 3.96. The van der Waals surface area contributed by atoms with Crippen LogP contribution in [-0.4, -0.2) is 36.1 Å². The summed E-state index contributed by atoms with van der Waals surface area (Å²) in [6.45, 7) is 4.98. The average molecular weight is 353 g/mol. The summed E-state index contributed by atoms with van der Waals surface area (Å²) in [6.07, 6.45) is 0.905. The minimum absolute atomic E-state index is 0.122. The molecule has 1 aromatic rings. The van der Waals surface area contributed by atoms with Crippen molar-refractivity contribution in [1.82, 2.24) is 4.90 Å². The number of nitrogens with two attached hydrogens (primary N) is 1. The minimum atomic E-state index is -0.416. The maximum Gasteiger partial charge on any atom is 0.141 e. The molecule has 1 aliphatic rings. The number of halogens is 2. The van der Waals surface area contributed by atoms with Gasteiger partial charge in [-0.25, -0.2) is 4.39 Å². The van der Waals surface area contributed by atoms with Gasteiger partial charge in [0, 0.05) is 37.6 Å². The lowest BCUT2D eigenvalue weighted by Gasteiger charge is -2.26. The fourth-order valence-electron chi connectivity index (χ4n) is 2.67. The maximum absolute atomic E-state index is 13.3. The summed E-state index contributed by atoms with van der Waals surface area (Å²) < 4.78 is 13.3. The van der Waals surface area contributed by atoms with Crippen molar-refractivity contribution < 1.29 is 4.39 Å². The number of nitrogens with zero attached hydrogens (tertiary/aromatic N) is 3. The van der Waals surface area contributed by atoms with E-state index in [2.05, 4.69) is 15.9 Å². The van der Waals surface area contributed by atoms with Crippen LogP contribution in [0.3, 0.4) is 0 Å². The molecule has 2 N–H and O–H groups in total. The van der Waals surface area contributed by atoms with E-state index < -0.39 is 5.82 Å². The molecule has 0 radical (unpaired) electrons. The van der Waals surface area contributed by atoms with E-state index in [1.807, 2.05) is 6.92 Å². The third kappa shape index (κ3) is 4.12. The molecule has 2 rings (SSSR count). The second-order valence-corrected chi connectivity index (χ2v) is 6.21. The van der Waals surface area contributed by atoms with Gasteiger partial charge in [-0.1, -0.05) is 23.8 Å². The number of allylic oxidation sites excluding steroid dienone is 1. The first-order valence-corrected chi connectivity index (χ1v) is 8.08. The number of nitriles is 1. The molecule has 1 aliphatic heterocycles. The van der Waals surface area contributed by atoms with Gasteiger partial charge in [0.1, 0.15) is 22.4 Å². The first-order valence-electron chi connectivity index (χ1n) is 7.29. The SMILES string of the molecule is C/C(=C(\C#N)C(N)=S)N1CCCN(c2ccc(F)c(Cl)c2)CC1. The number of hydrogen-bond acceptors (Lipinski definition) is 4. The van der Waals surface area contributed by atoms with E-state index in [1.54, 1.807) is 12.1 Å². The normalized spacial score (nSPS) is 16.4. The first kappa shape index (κ1) is 17.5. The molecule has 23 heavy (non-hydrogen) atoms. The van der Waals surface area contributed by atoms with Crippen LogP contribution in [-0.2, 0) is 0 Å². The predicted octanol–water partition coefficient (Wildman–Crippen LogP) is 3.07. The molecule has 0 aliphatic carbocycles. The standard InChI is InChI=1S/C16H18ClFN4S/c1-11(13(10-19)16(20)23)21-5-2-6-22(8-7-21)12-3-4-15(18)14(17)9-12/h3-4,9H,2,5-8H2,1H3,(H2,20,23)/b13-11-. The molecule has 1 heterocycles. The van der Waals surface area contributed by atoms with E-state index in [0.29, 0.717) is 5.57 Å². The Morgan fingerprint density at radius 3 is 2.70 bits per heavy atom. The number of anilines is 1. The lowest BCUT2D eigenvalue weighted by Crippen LogP contribution is -2.31. The van der Waals surface area contributed by atoms with Crippen molar-refractivity contribution in [3.63, 3.8) is 0 Å². The van der Waals surface area contributed by atoms with Crippen molar-refractivity contribution in [1.29, 1.82) is 5.26 Å². The zero-order valence-electron chi connectivity index (χ0n) is 12.9. The van der Waals surface area contributed by atoms with Gasteiger partial charge in [-0.05, 0) is 31.5 Å². The molecule has 7 heteroatoms. The summed E-state index contributed by atoms with van der Waals surface area (Å²) in [7, 11) is 0. The summed E-state index contributed by atoms with van der Waals surface area (Å²) >= 11 is 10.8. The van der Waals surface area contributed by atoms with Crippen LogP contribution in [0.15, 0.2) is 29.5 Å². The van der Waals surface area contributed by atoms with Crippen molar-refractivity contribution in [2.75, 3.05) is 31.1 Å². The second-order valence-electron chi connectivity index (χ2n) is 5.36. The van der Waals surface area contributed by atoms with Gasteiger partial charge in [-0.2, -0.15) is 5.26 Å². The Hall–Kier alpha value is -1.84. The highest BCUT2D eigenvalue weighted by atomic mass is 35.5. The topological polar surface area (TPSA) is 56.3 Å². The lowest BCUT2D eigenvalue weighted by atomic mass is 10.2. The first-order chi connectivity index (χ1) is 10.9. The number of thiocarbonyl (C=S) groups is 1. The van der Waals surface area contributed by atoms with Crippen LogP contribution in [0.1, 0.15) is 13.3 Å². The molecular formula is C16H18ClFN4S. The summed E-state index contributed by atoms with van der Waals surface area (Å²) in [4.78, 5) is 4.39. The molecule has 0 amide bonds. The average Bonchev–Trinajstić information content (AvgIpc) is 2.76. The molecule has 1 aromatic carbocycles. The molecule has 0 saturated carbocycles. The lowest BCUT2D eigenvalue weighted by molar-refractivity contribution is 0.369. The fraction of sp³-hybridized carbons (Fsp3) is 0.375. The van der Waals surface area contributed by atoms with Crippen molar-refractivity contribution in [2.45, 2.75) is 13.3 Å². The molecule has 0 atom stereocenters. The summed E-state index contributed by atoms with van der Waals surface area (Å²) in [5.41, 5.74) is 7.67. The van der Waals surface area contributed by atoms with E-state index in [-0.39, 0.29) is 10.0 Å². The Morgan fingerprint density at radius 2 is 2.09 bits per heavy atom. The van der Waals surface area contributed by atoms with Crippen molar-refractivity contribution in [3.05, 3.63) is 40.3 Å². The number of rotatable bonds is 3. The van der Waals surface area contributed by atoms with E-state index in [4.69, 9.17) is 29.6 Å². The molecule has 122 valence electrons. The van der Waals surface area contributed by atoms with Crippen LogP contribution in [0.2, 0.25) is 5.02 Å². The zero-order valence-corrected chi connectivity index (χ0v) is 14.4. The highest BCUT2D eigenvalue weighted by molar-refractivity contribution is 7.80. The highest BCUT2D eigenvalue weighted by Crippen LogP contribution is 2.24. The second kappa shape index (κ2) is 7.62. The minimum Gasteiger partial charge on any atom is -0.389 e. The zero-order chi connectivity index (χ0) is 17.0. The third-order valence-corrected chi connectivity index (χ3v) is 4.45. The Kier molecular flexibility index (Phi) is 5.80. The molecule has 1 saturated heterocycles. The highest BCUT2D eigenvalue weighted by Gasteiger charge is 2.18. The quantitative estimate of drug-likeness (QED) is 0.514. The largest absolute Gasteiger partial charge is 0.389 e. The molecule has 0 aromatic heterocycles. The van der Waals surface area contributed by atoms with Gasteiger partial charge < -0.3 is 15.5 Å². The molecular weight excluding hydrogens is 335 g/mol. The maximum atomic E-state index is 13.3. The van der Waals surface area contributed by atoms with E-state index in [1.165, 1.54) is 6.07 Å². The van der Waals surface area contributed by atoms with Gasteiger partial charge >= 0.3 is 0 Å². The van der Waals surface area contributed by atoms with Gasteiger partial charge in [-0.3, -0.25) is 0 Å². The van der Waals surface area contributed by atoms with Gasteiger partial charge in [0.05, 0.1) is 5.02 Å². The number of benzene rings is 1. The van der Waals surface area contributed by atoms with Crippen LogP contribution in [0, 0.1) is 17.1 Å². The van der Waals surface area contributed by atoms with E-state index >= 15 is 0 Å². The van der Waals surface area contributed by atoms with Gasteiger partial charge in [-0.15, -0.1) is 0 Å². The van der Waals surface area contributed by atoms with E-state index in [9.17, 15) is 9.65 Å². The molecule has 4 nitrogen and oxygen atoms in total. The van der Waals surface area contributed by atoms with Crippen LogP contribution < -0.4 is 10.6 Å². The van der Waals surface area contributed by atoms with Crippen LogP contribution in [0.25, 0.3) is 0 Å². The molecule has 0 bridgehead atoms. The Balaban J connectivity index is 2.15. The van der Waals surface area contributed by atoms with Crippen LogP contribution in [0.5, 0.6) is 0 Å². The Bertz CT molecular complexity index is 683. The Morgan fingerprint density at radius 1 is 1.35 bits per heavy atom. The fourth-order valence-corrected chi connectivity index (χ4v) is 3.03. The molecule has 0 spiro atoms. The van der Waals surface area contributed by atoms with Gasteiger partial charge in [0.2, 0.25) is 0 Å². The summed E-state index contributed by atoms with van der Waals surface area (Å²) in [5, 5.41) is 9.32. The van der Waals surface area contributed by atoms with Crippen molar-refractivity contribution in [2.24, 2.45) is 5.73 Å². The Labute approximate surface area is 145 Å². The monoisotopic (exact) mass is 352 g/mol. The van der Waals surface area contributed by atoms with Crippen molar-refractivity contribution >= 4 is 34.5 Å². The smallest absolute Gasteiger partial charge is 0.141 e. The van der Waals surface area contributed by atoms with Crippen LogP contribution >= 0.6 is 23.8 Å². The number of hydrogen-bond donors (Lipinski definition) is 1. The summed E-state index contributed by atoms with van der Waals surface area (Å²) in [5.74, 6) is -0.416. The molecule has 0 unspecified atom stereocenters. The molecule has 1 fully saturated rings. The van der Waals surface area contributed by atoms with Crippen LogP contribution in [0.4, 0.5) is 10.1 Å². The van der Waals surface area contributed by atoms with Gasteiger partial charge in [0.15, 0.2) is 0 Å². The summed E-state index contributed by atoms with van der Waals surface area (Å²) in [6, 6.07) is 6.83. The predicted molar refractivity (Wildman–Crippen MR) is 94.9 cm³/mol. The van der Waals surface area contributed by atoms with E-state index in [0.717, 1.165) is 44.0 Å². The van der Waals surface area contributed by atoms with Crippen molar-refractivity contribution in [3.8, 4) is 6.07 Å². The van der Waals surface area contributed by atoms with Gasteiger partial charge in [0.25, 0.3) is 0 Å².